The monoisotopic (exact) mass is 384 g/mol. The number of carbonyl (C=O) groups excluding carboxylic acids is 2. The number of hydrogen-bond donors (Lipinski definition) is 2. The Bertz CT molecular complexity index is 833. The van der Waals surface area contributed by atoms with Gasteiger partial charge in [-0.25, -0.2) is 0 Å². The van der Waals surface area contributed by atoms with Crippen LogP contribution < -0.4 is 20.1 Å². The van der Waals surface area contributed by atoms with E-state index in [1.807, 2.05) is 18.2 Å². The molecule has 2 amide bonds. The maximum atomic E-state index is 12.6. The van der Waals surface area contributed by atoms with Gasteiger partial charge in [-0.15, -0.1) is 0 Å². The second kappa shape index (κ2) is 9.26. The van der Waals surface area contributed by atoms with E-state index in [9.17, 15) is 9.59 Å². The molecule has 0 fully saturated rings. The molecule has 0 saturated heterocycles. The quantitative estimate of drug-likeness (QED) is 0.718. The molecule has 0 heterocycles. The number of para-hydroxylation sites is 1. The molecule has 150 valence electrons. The molecule has 0 aliphatic heterocycles. The third-order valence-corrected chi connectivity index (χ3v) is 4.47. The summed E-state index contributed by atoms with van der Waals surface area (Å²) >= 11 is 0. The van der Waals surface area contributed by atoms with Crippen molar-refractivity contribution in [2.75, 3.05) is 24.9 Å². The van der Waals surface area contributed by atoms with Gasteiger partial charge in [0.15, 0.2) is 0 Å². The smallest absolute Gasteiger partial charge is 0.314 e. The van der Waals surface area contributed by atoms with Crippen molar-refractivity contribution in [1.29, 1.82) is 0 Å². The Kier molecular flexibility index (Phi) is 7.04. The van der Waals surface area contributed by atoms with Crippen LogP contribution in [0.2, 0.25) is 0 Å². The fourth-order valence-electron chi connectivity index (χ4n) is 2.95. The molecule has 0 bridgehead atoms. The molecule has 0 unspecified atom stereocenters. The third-order valence-electron chi connectivity index (χ3n) is 4.47. The summed E-state index contributed by atoms with van der Waals surface area (Å²) in [4.78, 5) is 25.1. The summed E-state index contributed by atoms with van der Waals surface area (Å²) < 4.78 is 10.4. The van der Waals surface area contributed by atoms with E-state index in [1.165, 1.54) is 7.11 Å². The van der Waals surface area contributed by atoms with E-state index in [0.717, 1.165) is 11.1 Å². The topological polar surface area (TPSA) is 76.7 Å². The first kappa shape index (κ1) is 21.3. The van der Waals surface area contributed by atoms with E-state index in [0.29, 0.717) is 22.9 Å². The standard InChI is InChI=1S/C22H28N2O4/c1-13(2)16-8-7-9-17(14(3)4)20(16)24-22(26)21(25)23-18-11-10-15(27-5)12-19(18)28-6/h7-14H,1-6H3,(H,23,25)(H,24,26). The zero-order valence-electron chi connectivity index (χ0n) is 17.3. The van der Waals surface area contributed by atoms with Gasteiger partial charge < -0.3 is 20.1 Å². The zero-order chi connectivity index (χ0) is 20.8. The summed E-state index contributed by atoms with van der Waals surface area (Å²) in [5.41, 5.74) is 3.09. The Morgan fingerprint density at radius 3 is 1.89 bits per heavy atom. The van der Waals surface area contributed by atoms with Crippen molar-refractivity contribution in [1.82, 2.24) is 0 Å². The Morgan fingerprint density at radius 1 is 0.821 bits per heavy atom. The number of nitrogens with one attached hydrogen (secondary N) is 2. The van der Waals surface area contributed by atoms with E-state index >= 15 is 0 Å². The fraction of sp³-hybridized carbons (Fsp3) is 0.364. The maximum absolute atomic E-state index is 12.6. The van der Waals surface area contributed by atoms with Crippen LogP contribution in [-0.2, 0) is 9.59 Å². The summed E-state index contributed by atoms with van der Waals surface area (Å²) in [7, 11) is 3.03. The molecule has 6 heteroatoms. The summed E-state index contributed by atoms with van der Waals surface area (Å²) in [6.07, 6.45) is 0. The lowest BCUT2D eigenvalue weighted by molar-refractivity contribution is -0.133. The van der Waals surface area contributed by atoms with E-state index in [1.54, 1.807) is 25.3 Å². The maximum Gasteiger partial charge on any atom is 0.314 e. The molecular formula is C22H28N2O4. The molecule has 0 radical (unpaired) electrons. The first-order chi connectivity index (χ1) is 13.3. The first-order valence-corrected chi connectivity index (χ1v) is 9.25. The predicted molar refractivity (Wildman–Crippen MR) is 111 cm³/mol. The Labute approximate surface area is 166 Å². The van der Waals surface area contributed by atoms with Crippen molar-refractivity contribution in [3.63, 3.8) is 0 Å². The van der Waals surface area contributed by atoms with Gasteiger partial charge in [0.2, 0.25) is 0 Å². The molecule has 2 aromatic carbocycles. The number of methoxy groups -OCH3 is 2. The summed E-state index contributed by atoms with van der Waals surface area (Å²) in [5, 5.41) is 5.40. The molecule has 0 aliphatic carbocycles. The van der Waals surface area contributed by atoms with Gasteiger partial charge in [0.25, 0.3) is 0 Å². The molecule has 2 N–H and O–H groups in total. The number of rotatable bonds is 6. The van der Waals surface area contributed by atoms with Gasteiger partial charge in [-0.2, -0.15) is 0 Å². The van der Waals surface area contributed by atoms with Crippen LogP contribution in [-0.4, -0.2) is 26.0 Å². The largest absolute Gasteiger partial charge is 0.497 e. The van der Waals surface area contributed by atoms with Crippen molar-refractivity contribution in [2.45, 2.75) is 39.5 Å². The predicted octanol–water partition coefficient (Wildman–Crippen LogP) is 4.53. The van der Waals surface area contributed by atoms with Crippen LogP contribution in [0.15, 0.2) is 36.4 Å². The minimum atomic E-state index is -0.767. The van der Waals surface area contributed by atoms with Gasteiger partial charge >= 0.3 is 11.8 Å². The number of carbonyl (C=O) groups is 2. The van der Waals surface area contributed by atoms with E-state index in [2.05, 4.69) is 38.3 Å². The molecule has 0 atom stereocenters. The molecule has 6 nitrogen and oxygen atoms in total. The van der Waals surface area contributed by atoms with Crippen LogP contribution in [0.1, 0.15) is 50.7 Å². The highest BCUT2D eigenvalue weighted by atomic mass is 16.5. The molecule has 0 aliphatic rings. The number of hydrogen-bond acceptors (Lipinski definition) is 4. The molecule has 0 aromatic heterocycles. The fourth-order valence-corrected chi connectivity index (χ4v) is 2.95. The normalized spacial score (nSPS) is 10.7. The average molecular weight is 384 g/mol. The SMILES string of the molecule is COc1ccc(NC(=O)C(=O)Nc2c(C(C)C)cccc2C(C)C)c(OC)c1. The lowest BCUT2D eigenvalue weighted by atomic mass is 9.92. The summed E-state index contributed by atoms with van der Waals surface area (Å²) in [6.45, 7) is 8.21. The van der Waals surface area contributed by atoms with E-state index in [-0.39, 0.29) is 11.8 Å². The van der Waals surface area contributed by atoms with Crippen LogP contribution >= 0.6 is 0 Å². The molecule has 2 rings (SSSR count). The molecule has 2 aromatic rings. The minimum absolute atomic E-state index is 0.207. The number of ether oxygens (including phenoxy) is 2. The van der Waals surface area contributed by atoms with Crippen LogP contribution in [0.25, 0.3) is 0 Å². The highest BCUT2D eigenvalue weighted by Gasteiger charge is 2.21. The second-order valence-corrected chi connectivity index (χ2v) is 7.10. The molecule has 0 saturated carbocycles. The van der Waals surface area contributed by atoms with Gasteiger partial charge in [-0.1, -0.05) is 45.9 Å². The third kappa shape index (κ3) is 4.82. The lowest BCUT2D eigenvalue weighted by Gasteiger charge is -2.20. The highest BCUT2D eigenvalue weighted by Crippen LogP contribution is 2.33. The summed E-state index contributed by atoms with van der Waals surface area (Å²) in [6, 6.07) is 10.9. The van der Waals surface area contributed by atoms with Crippen molar-refractivity contribution in [3.8, 4) is 11.5 Å². The highest BCUT2D eigenvalue weighted by molar-refractivity contribution is 6.44. The van der Waals surface area contributed by atoms with Gasteiger partial charge in [-0.3, -0.25) is 9.59 Å². The van der Waals surface area contributed by atoms with Crippen molar-refractivity contribution in [2.24, 2.45) is 0 Å². The number of benzene rings is 2. The van der Waals surface area contributed by atoms with Crippen LogP contribution in [0.5, 0.6) is 11.5 Å². The van der Waals surface area contributed by atoms with Gasteiger partial charge in [0.05, 0.1) is 19.9 Å². The van der Waals surface area contributed by atoms with Crippen molar-refractivity contribution in [3.05, 3.63) is 47.5 Å². The number of amides is 2. The van der Waals surface area contributed by atoms with Gasteiger partial charge in [-0.05, 0) is 35.1 Å². The average Bonchev–Trinajstić information content (AvgIpc) is 2.67. The van der Waals surface area contributed by atoms with Gasteiger partial charge in [0, 0.05) is 11.8 Å². The summed E-state index contributed by atoms with van der Waals surface area (Å²) in [5.74, 6) is -0.0835. The minimum Gasteiger partial charge on any atom is -0.497 e. The Hall–Kier alpha value is -3.02. The van der Waals surface area contributed by atoms with Crippen LogP contribution in [0.4, 0.5) is 11.4 Å². The lowest BCUT2D eigenvalue weighted by Crippen LogP contribution is -2.30. The Morgan fingerprint density at radius 2 is 1.39 bits per heavy atom. The molecule has 0 spiro atoms. The van der Waals surface area contributed by atoms with E-state index < -0.39 is 11.8 Å². The van der Waals surface area contributed by atoms with Crippen LogP contribution in [0.3, 0.4) is 0 Å². The Balaban J connectivity index is 2.25. The molecular weight excluding hydrogens is 356 g/mol. The van der Waals surface area contributed by atoms with E-state index in [4.69, 9.17) is 9.47 Å². The zero-order valence-corrected chi connectivity index (χ0v) is 17.3. The number of anilines is 2. The van der Waals surface area contributed by atoms with Crippen molar-refractivity contribution >= 4 is 23.2 Å². The molecule has 28 heavy (non-hydrogen) atoms. The van der Waals surface area contributed by atoms with Crippen LogP contribution in [0, 0.1) is 0 Å². The first-order valence-electron chi connectivity index (χ1n) is 9.25. The second-order valence-electron chi connectivity index (χ2n) is 7.10. The van der Waals surface area contributed by atoms with Gasteiger partial charge in [0.1, 0.15) is 11.5 Å². The van der Waals surface area contributed by atoms with Crippen molar-refractivity contribution < 1.29 is 19.1 Å².